The number of nitrogens with zero attached hydrogens (tertiary/aromatic N) is 3. The van der Waals surface area contributed by atoms with Crippen LogP contribution in [0.4, 0.5) is 0 Å². The highest BCUT2D eigenvalue weighted by Crippen LogP contribution is 2.30. The first-order valence-corrected chi connectivity index (χ1v) is 10.3. The molecule has 3 aromatic rings. The quantitative estimate of drug-likeness (QED) is 0.721. The molecular weight excluding hydrogens is 360 g/mol. The summed E-state index contributed by atoms with van der Waals surface area (Å²) >= 11 is 1.52. The van der Waals surface area contributed by atoms with Crippen LogP contribution in [0.1, 0.15) is 19.1 Å². The van der Waals surface area contributed by atoms with E-state index in [4.69, 9.17) is 4.42 Å². The lowest BCUT2D eigenvalue weighted by Crippen LogP contribution is -2.54. The molecule has 2 N–H and O–H groups in total. The Labute approximate surface area is 162 Å². The van der Waals surface area contributed by atoms with Gasteiger partial charge >= 0.3 is 0 Å². The number of aromatic amines is 1. The van der Waals surface area contributed by atoms with Gasteiger partial charge in [0, 0.05) is 31.7 Å². The van der Waals surface area contributed by atoms with Gasteiger partial charge in [-0.25, -0.2) is 4.98 Å². The maximum atomic E-state index is 9.93. The summed E-state index contributed by atoms with van der Waals surface area (Å²) in [4.78, 5) is 12.8. The van der Waals surface area contributed by atoms with E-state index < -0.39 is 0 Å². The van der Waals surface area contributed by atoms with Crippen molar-refractivity contribution in [3.05, 3.63) is 42.2 Å². The molecule has 5 rings (SSSR count). The van der Waals surface area contributed by atoms with Crippen LogP contribution in [0.2, 0.25) is 0 Å². The smallest absolute Gasteiger partial charge is 0.174 e. The standard InChI is InChI=1S/C20H24N4O2S/c1-13-9-24-11-15(25)8-14(24)10-23(13)12-16-6-7-19(26-16)27-20-21-17-4-2-3-5-18(17)22-20/h2-7,13-15,25H,8-12H2,1H3,(H,21,22)/t13-,14?,15-/m1/s1. The fourth-order valence-corrected chi connectivity index (χ4v) is 5.05. The van der Waals surface area contributed by atoms with Crippen molar-refractivity contribution in [2.24, 2.45) is 0 Å². The van der Waals surface area contributed by atoms with Gasteiger partial charge in [-0.1, -0.05) is 12.1 Å². The van der Waals surface area contributed by atoms with Crippen LogP contribution in [-0.2, 0) is 6.54 Å². The van der Waals surface area contributed by atoms with E-state index in [1.165, 1.54) is 11.8 Å². The average molecular weight is 385 g/mol. The van der Waals surface area contributed by atoms with Crippen LogP contribution in [0.5, 0.6) is 0 Å². The van der Waals surface area contributed by atoms with Gasteiger partial charge in [0.25, 0.3) is 0 Å². The average Bonchev–Trinajstić information content (AvgIpc) is 3.33. The van der Waals surface area contributed by atoms with E-state index in [1.807, 2.05) is 30.3 Å². The third kappa shape index (κ3) is 3.52. The van der Waals surface area contributed by atoms with Gasteiger partial charge < -0.3 is 14.5 Å². The van der Waals surface area contributed by atoms with Crippen molar-refractivity contribution in [1.82, 2.24) is 19.8 Å². The fraction of sp³-hybridized carbons (Fsp3) is 0.450. The Morgan fingerprint density at radius 1 is 1.22 bits per heavy atom. The topological polar surface area (TPSA) is 68.5 Å². The van der Waals surface area contributed by atoms with Crippen molar-refractivity contribution in [2.75, 3.05) is 19.6 Å². The molecule has 1 aromatic carbocycles. The molecular formula is C20H24N4O2S. The summed E-state index contributed by atoms with van der Waals surface area (Å²) < 4.78 is 6.07. The summed E-state index contributed by atoms with van der Waals surface area (Å²) in [6, 6.07) is 13.0. The van der Waals surface area contributed by atoms with Gasteiger partial charge in [0.2, 0.25) is 0 Å². The van der Waals surface area contributed by atoms with Gasteiger partial charge in [-0.15, -0.1) is 0 Å². The van der Waals surface area contributed by atoms with E-state index >= 15 is 0 Å². The Kier molecular flexibility index (Phi) is 4.47. The van der Waals surface area contributed by atoms with Crippen molar-refractivity contribution in [3.63, 3.8) is 0 Å². The number of aliphatic hydroxyl groups is 1. The minimum Gasteiger partial charge on any atom is -0.453 e. The van der Waals surface area contributed by atoms with Gasteiger partial charge in [0.1, 0.15) is 5.76 Å². The second-order valence-corrected chi connectivity index (χ2v) is 8.65. The maximum Gasteiger partial charge on any atom is 0.174 e. The largest absolute Gasteiger partial charge is 0.453 e. The molecule has 0 aliphatic carbocycles. The molecule has 3 atom stereocenters. The highest BCUT2D eigenvalue weighted by molar-refractivity contribution is 7.99. The Morgan fingerprint density at radius 3 is 3.00 bits per heavy atom. The Bertz CT molecular complexity index is 906. The van der Waals surface area contributed by atoms with Crippen LogP contribution in [0.3, 0.4) is 0 Å². The molecule has 2 saturated heterocycles. The van der Waals surface area contributed by atoms with E-state index in [0.29, 0.717) is 12.1 Å². The van der Waals surface area contributed by atoms with E-state index in [1.54, 1.807) is 0 Å². The van der Waals surface area contributed by atoms with Crippen molar-refractivity contribution in [1.29, 1.82) is 0 Å². The first-order chi connectivity index (χ1) is 13.1. The van der Waals surface area contributed by atoms with Crippen molar-refractivity contribution in [3.8, 4) is 0 Å². The molecule has 0 bridgehead atoms. The highest BCUT2D eigenvalue weighted by atomic mass is 32.2. The zero-order chi connectivity index (χ0) is 18.4. The van der Waals surface area contributed by atoms with E-state index in [9.17, 15) is 5.11 Å². The molecule has 2 aromatic heterocycles. The van der Waals surface area contributed by atoms with Crippen LogP contribution in [0, 0.1) is 0 Å². The summed E-state index contributed by atoms with van der Waals surface area (Å²) in [6.45, 7) is 5.89. The minimum atomic E-state index is -0.169. The molecule has 0 saturated carbocycles. The molecule has 6 nitrogen and oxygen atoms in total. The lowest BCUT2D eigenvalue weighted by molar-refractivity contribution is 0.0476. The first-order valence-electron chi connectivity index (χ1n) is 9.51. The second kappa shape index (κ2) is 6.98. The first kappa shape index (κ1) is 17.3. The third-order valence-corrected chi connectivity index (χ3v) is 6.44. The zero-order valence-corrected chi connectivity index (χ0v) is 16.2. The fourth-order valence-electron chi connectivity index (χ4n) is 4.27. The van der Waals surface area contributed by atoms with Crippen molar-refractivity contribution in [2.45, 2.75) is 48.3 Å². The Hall–Kier alpha value is -1.80. The van der Waals surface area contributed by atoms with Crippen LogP contribution in [0.15, 0.2) is 51.1 Å². The monoisotopic (exact) mass is 384 g/mol. The van der Waals surface area contributed by atoms with Gasteiger partial charge in [0.15, 0.2) is 10.2 Å². The van der Waals surface area contributed by atoms with Crippen LogP contribution in [-0.4, -0.2) is 62.7 Å². The van der Waals surface area contributed by atoms with E-state index in [0.717, 1.165) is 59.6 Å². The van der Waals surface area contributed by atoms with Gasteiger partial charge in [-0.3, -0.25) is 9.80 Å². The number of aromatic nitrogens is 2. The predicted molar refractivity (Wildman–Crippen MR) is 105 cm³/mol. The van der Waals surface area contributed by atoms with E-state index in [2.05, 4.69) is 32.8 Å². The number of rotatable bonds is 4. The van der Waals surface area contributed by atoms with Crippen LogP contribution < -0.4 is 0 Å². The molecule has 2 aliphatic heterocycles. The molecule has 2 fully saturated rings. The molecule has 27 heavy (non-hydrogen) atoms. The molecule has 142 valence electrons. The molecule has 4 heterocycles. The maximum absolute atomic E-state index is 9.93. The van der Waals surface area contributed by atoms with E-state index in [-0.39, 0.29) is 6.10 Å². The number of para-hydroxylation sites is 2. The molecule has 2 aliphatic rings. The lowest BCUT2D eigenvalue weighted by atomic mass is 10.1. The lowest BCUT2D eigenvalue weighted by Gasteiger charge is -2.41. The normalized spacial score (nSPS) is 26.7. The number of benzene rings is 1. The Morgan fingerprint density at radius 2 is 2.11 bits per heavy atom. The summed E-state index contributed by atoms with van der Waals surface area (Å²) in [6.07, 6.45) is 0.715. The summed E-state index contributed by atoms with van der Waals surface area (Å²) in [5, 5.41) is 11.6. The number of nitrogens with one attached hydrogen (secondary N) is 1. The van der Waals surface area contributed by atoms with Crippen LogP contribution in [0.25, 0.3) is 11.0 Å². The summed E-state index contributed by atoms with van der Waals surface area (Å²) in [5.41, 5.74) is 2.01. The van der Waals surface area contributed by atoms with Crippen molar-refractivity contribution < 1.29 is 9.52 Å². The SMILES string of the molecule is C[C@@H]1CN2C[C@H](O)CC2CN1Cc1ccc(Sc2nc3ccccc3[nH]2)o1. The number of hydrogen-bond acceptors (Lipinski definition) is 6. The van der Waals surface area contributed by atoms with Gasteiger partial charge in [-0.05, 0) is 49.4 Å². The molecule has 0 spiro atoms. The third-order valence-electron chi connectivity index (χ3n) is 5.63. The Balaban J connectivity index is 1.25. The zero-order valence-electron chi connectivity index (χ0n) is 15.3. The number of imidazole rings is 1. The second-order valence-electron chi connectivity index (χ2n) is 7.66. The number of H-pyrrole nitrogens is 1. The molecule has 1 unspecified atom stereocenters. The highest BCUT2D eigenvalue weighted by Gasteiger charge is 2.38. The molecule has 7 heteroatoms. The van der Waals surface area contributed by atoms with Gasteiger partial charge in [0.05, 0.1) is 23.7 Å². The van der Waals surface area contributed by atoms with Crippen molar-refractivity contribution >= 4 is 22.8 Å². The summed E-state index contributed by atoms with van der Waals surface area (Å²) in [7, 11) is 0. The molecule has 0 amide bonds. The number of fused-ring (bicyclic) bond motifs is 2. The number of hydrogen-bond donors (Lipinski definition) is 2. The molecule has 0 radical (unpaired) electrons. The summed E-state index contributed by atoms with van der Waals surface area (Å²) in [5.74, 6) is 0.979. The number of furan rings is 1. The number of piperazine rings is 1. The predicted octanol–water partition coefficient (Wildman–Crippen LogP) is 2.95. The van der Waals surface area contributed by atoms with Crippen LogP contribution >= 0.6 is 11.8 Å². The minimum absolute atomic E-state index is 0.169. The van der Waals surface area contributed by atoms with Gasteiger partial charge in [-0.2, -0.15) is 0 Å². The number of aliphatic hydroxyl groups excluding tert-OH is 1.